The Labute approximate surface area is 106 Å². The summed E-state index contributed by atoms with van der Waals surface area (Å²) in [7, 11) is -4.46. The van der Waals surface area contributed by atoms with Gasteiger partial charge in [-0.15, -0.1) is 0 Å². The van der Waals surface area contributed by atoms with E-state index < -0.39 is 13.2 Å². The van der Waals surface area contributed by atoms with Crippen LogP contribution in [0.25, 0.3) is 0 Å². The van der Waals surface area contributed by atoms with Crippen molar-refractivity contribution in [3.05, 3.63) is 0 Å². The number of aliphatic hydroxyl groups is 1. The van der Waals surface area contributed by atoms with Gasteiger partial charge < -0.3 is 14.9 Å². The molecule has 0 atom stereocenters. The summed E-state index contributed by atoms with van der Waals surface area (Å²) in [5.41, 5.74) is -0.603. The summed E-state index contributed by atoms with van der Waals surface area (Å²) < 4.78 is 15.0. The molecule has 3 N–H and O–H groups in total. The van der Waals surface area contributed by atoms with Gasteiger partial charge in [0.1, 0.15) is 0 Å². The standard InChI is InChI=1S/C7H15Br2O5P/c8-3-1-7(5-10,2-4-9)6-14-15(11,12)13/h10H,1-6H2,(H2,11,12,13). The second kappa shape index (κ2) is 7.37. The fourth-order valence-corrected chi connectivity index (χ4v) is 3.22. The van der Waals surface area contributed by atoms with Crippen LogP contribution in [-0.4, -0.2) is 38.8 Å². The molecule has 0 spiro atoms. The summed E-state index contributed by atoms with van der Waals surface area (Å²) in [5.74, 6) is 0. The van der Waals surface area contributed by atoms with Gasteiger partial charge in [-0.05, 0) is 12.8 Å². The number of rotatable bonds is 8. The maximum Gasteiger partial charge on any atom is 0.469 e. The van der Waals surface area contributed by atoms with Crippen molar-refractivity contribution in [2.45, 2.75) is 12.8 Å². The molecule has 0 radical (unpaired) electrons. The molecule has 0 aliphatic carbocycles. The highest BCUT2D eigenvalue weighted by molar-refractivity contribution is 9.09. The molecule has 0 aliphatic rings. The van der Waals surface area contributed by atoms with Crippen molar-refractivity contribution in [3.63, 3.8) is 0 Å². The Hall–Kier alpha value is 1.03. The van der Waals surface area contributed by atoms with Gasteiger partial charge in [-0.2, -0.15) is 0 Å². The minimum atomic E-state index is -4.46. The summed E-state index contributed by atoms with van der Waals surface area (Å²) in [5, 5.41) is 10.5. The molecule has 92 valence electrons. The second-order valence-electron chi connectivity index (χ2n) is 3.30. The van der Waals surface area contributed by atoms with Crippen molar-refractivity contribution in [3.8, 4) is 0 Å². The zero-order valence-electron chi connectivity index (χ0n) is 8.10. The largest absolute Gasteiger partial charge is 0.469 e. The van der Waals surface area contributed by atoms with Crippen LogP contribution in [0, 0.1) is 5.41 Å². The SMILES string of the molecule is O=P(O)(O)OCC(CO)(CCBr)CCBr. The van der Waals surface area contributed by atoms with Crippen LogP contribution >= 0.6 is 39.7 Å². The molecule has 0 heterocycles. The average molecular weight is 370 g/mol. The van der Waals surface area contributed by atoms with Crippen LogP contribution in [0.1, 0.15) is 12.8 Å². The molecule has 0 saturated heterocycles. The zero-order chi connectivity index (χ0) is 11.9. The van der Waals surface area contributed by atoms with Gasteiger partial charge in [0.15, 0.2) is 0 Å². The fourth-order valence-electron chi connectivity index (χ4n) is 1.10. The molecule has 0 rings (SSSR count). The number of aliphatic hydroxyl groups excluding tert-OH is 1. The lowest BCUT2D eigenvalue weighted by Gasteiger charge is -2.30. The van der Waals surface area contributed by atoms with Crippen molar-refractivity contribution >= 4 is 39.7 Å². The van der Waals surface area contributed by atoms with Gasteiger partial charge >= 0.3 is 7.82 Å². The first-order valence-electron chi connectivity index (χ1n) is 4.32. The Morgan fingerprint density at radius 1 is 1.20 bits per heavy atom. The predicted octanol–water partition coefficient (Wildman–Crippen LogP) is 1.64. The van der Waals surface area contributed by atoms with Gasteiger partial charge in [-0.25, -0.2) is 4.57 Å². The van der Waals surface area contributed by atoms with E-state index in [-0.39, 0.29) is 13.2 Å². The highest BCUT2D eigenvalue weighted by atomic mass is 79.9. The average Bonchev–Trinajstić information content (AvgIpc) is 2.14. The van der Waals surface area contributed by atoms with Crippen LogP contribution in [0.15, 0.2) is 0 Å². The first-order valence-corrected chi connectivity index (χ1v) is 8.09. The molecule has 0 aromatic rings. The van der Waals surface area contributed by atoms with Crippen LogP contribution in [0.4, 0.5) is 0 Å². The molecular weight excluding hydrogens is 355 g/mol. The van der Waals surface area contributed by atoms with Crippen molar-refractivity contribution in [1.29, 1.82) is 0 Å². The molecule has 0 amide bonds. The number of phosphoric ester groups is 1. The summed E-state index contributed by atoms with van der Waals surface area (Å²) in [6, 6.07) is 0. The smallest absolute Gasteiger partial charge is 0.396 e. The summed E-state index contributed by atoms with van der Waals surface area (Å²) in [6.45, 7) is -0.310. The minimum Gasteiger partial charge on any atom is -0.396 e. The lowest BCUT2D eigenvalue weighted by molar-refractivity contribution is 0.0463. The molecule has 5 nitrogen and oxygen atoms in total. The molecule has 0 aromatic heterocycles. The van der Waals surface area contributed by atoms with E-state index in [4.69, 9.17) is 9.79 Å². The van der Waals surface area contributed by atoms with Gasteiger partial charge in [0.05, 0.1) is 13.2 Å². The van der Waals surface area contributed by atoms with Crippen molar-refractivity contribution in [2.75, 3.05) is 23.9 Å². The summed E-state index contributed by atoms with van der Waals surface area (Å²) >= 11 is 6.48. The quantitative estimate of drug-likeness (QED) is 0.447. The summed E-state index contributed by atoms with van der Waals surface area (Å²) in [4.78, 5) is 17.2. The molecule has 0 aromatic carbocycles. The van der Waals surface area contributed by atoms with E-state index in [1.807, 2.05) is 0 Å². The van der Waals surface area contributed by atoms with E-state index in [0.29, 0.717) is 23.5 Å². The van der Waals surface area contributed by atoms with E-state index in [0.717, 1.165) is 0 Å². The number of alkyl halides is 2. The van der Waals surface area contributed by atoms with E-state index in [1.165, 1.54) is 0 Å². The van der Waals surface area contributed by atoms with Crippen molar-refractivity contribution < 1.29 is 24.0 Å². The van der Waals surface area contributed by atoms with E-state index in [2.05, 4.69) is 36.4 Å². The molecule has 0 saturated carbocycles. The lowest BCUT2D eigenvalue weighted by atomic mass is 9.84. The molecule has 8 heteroatoms. The van der Waals surface area contributed by atoms with Crippen molar-refractivity contribution in [1.82, 2.24) is 0 Å². The first kappa shape index (κ1) is 16.0. The third-order valence-electron chi connectivity index (χ3n) is 2.12. The van der Waals surface area contributed by atoms with Crippen LogP contribution in [0.3, 0.4) is 0 Å². The molecule has 0 aliphatic heterocycles. The van der Waals surface area contributed by atoms with Crippen LogP contribution in [0.2, 0.25) is 0 Å². The molecular formula is C7H15Br2O5P. The first-order chi connectivity index (χ1) is 6.89. The van der Waals surface area contributed by atoms with Crippen LogP contribution in [-0.2, 0) is 9.09 Å². The maximum atomic E-state index is 10.6. The molecule has 0 fully saturated rings. The van der Waals surface area contributed by atoms with Crippen LogP contribution < -0.4 is 0 Å². The Morgan fingerprint density at radius 3 is 1.93 bits per heavy atom. The predicted molar refractivity (Wildman–Crippen MR) is 64.3 cm³/mol. The Bertz CT molecular complexity index is 213. The van der Waals surface area contributed by atoms with Gasteiger partial charge in [-0.1, -0.05) is 31.9 Å². The number of phosphoric acid groups is 1. The molecule has 15 heavy (non-hydrogen) atoms. The van der Waals surface area contributed by atoms with E-state index in [1.54, 1.807) is 0 Å². The van der Waals surface area contributed by atoms with Gasteiger partial charge in [0.2, 0.25) is 0 Å². The number of halogens is 2. The van der Waals surface area contributed by atoms with Crippen LogP contribution in [0.5, 0.6) is 0 Å². The normalized spacial score (nSPS) is 13.1. The minimum absolute atomic E-state index is 0.148. The third kappa shape index (κ3) is 7.05. The highest BCUT2D eigenvalue weighted by Crippen LogP contribution is 2.40. The summed E-state index contributed by atoms with van der Waals surface area (Å²) in [6.07, 6.45) is 1.18. The Kier molecular flexibility index (Phi) is 7.88. The van der Waals surface area contributed by atoms with E-state index in [9.17, 15) is 9.67 Å². The maximum absolute atomic E-state index is 10.6. The van der Waals surface area contributed by atoms with Gasteiger partial charge in [0, 0.05) is 16.1 Å². The highest BCUT2D eigenvalue weighted by Gasteiger charge is 2.31. The Balaban J connectivity index is 4.39. The van der Waals surface area contributed by atoms with Crippen molar-refractivity contribution in [2.24, 2.45) is 5.41 Å². The topological polar surface area (TPSA) is 87.0 Å². The fraction of sp³-hybridized carbons (Fsp3) is 1.00. The van der Waals surface area contributed by atoms with Gasteiger partial charge in [-0.3, -0.25) is 4.52 Å². The molecule has 0 bridgehead atoms. The monoisotopic (exact) mass is 368 g/mol. The van der Waals surface area contributed by atoms with Gasteiger partial charge in [0.25, 0.3) is 0 Å². The Morgan fingerprint density at radius 2 is 1.67 bits per heavy atom. The van der Waals surface area contributed by atoms with E-state index >= 15 is 0 Å². The number of hydrogen-bond donors (Lipinski definition) is 3. The third-order valence-corrected chi connectivity index (χ3v) is 3.38. The number of hydrogen-bond acceptors (Lipinski definition) is 3. The molecule has 0 unspecified atom stereocenters. The second-order valence-corrected chi connectivity index (χ2v) is 6.13. The lowest BCUT2D eigenvalue weighted by Crippen LogP contribution is -2.32. The zero-order valence-corrected chi connectivity index (χ0v) is 12.2.